The lowest BCUT2D eigenvalue weighted by atomic mass is 10.2. The lowest BCUT2D eigenvalue weighted by Crippen LogP contribution is -1.93. The molecule has 0 fully saturated rings. The molecule has 2 heteroatoms. The van der Waals surface area contributed by atoms with Gasteiger partial charge in [0.05, 0.1) is 0 Å². The second kappa shape index (κ2) is 3.68. The number of hydrogen-bond donors (Lipinski definition) is 1. The van der Waals surface area contributed by atoms with Gasteiger partial charge < -0.3 is 10.2 Å². The number of hydrogen-bond acceptors (Lipinski definition) is 2. The van der Waals surface area contributed by atoms with Crippen LogP contribution in [0.4, 0.5) is 0 Å². The number of furan rings is 1. The fourth-order valence-electron chi connectivity index (χ4n) is 1.45. The molecule has 2 N–H and O–H groups in total. The molecule has 1 aromatic carbocycles. The molecule has 14 heavy (non-hydrogen) atoms. The van der Waals surface area contributed by atoms with Crippen LogP contribution in [0.1, 0.15) is 12.7 Å². The summed E-state index contributed by atoms with van der Waals surface area (Å²) in [5.41, 5.74) is 7.45. The predicted octanol–water partition coefficient (Wildman–Crippen LogP) is 2.79. The molecule has 0 radical (unpaired) electrons. The van der Waals surface area contributed by atoms with E-state index in [1.165, 1.54) is 0 Å². The predicted molar refractivity (Wildman–Crippen MR) is 58.9 cm³/mol. The zero-order valence-electron chi connectivity index (χ0n) is 8.16. The summed E-state index contributed by atoms with van der Waals surface area (Å²) in [6.45, 7) is 2.55. The number of benzene rings is 1. The maximum Gasteiger partial charge on any atom is 0.134 e. The van der Waals surface area contributed by atoms with Gasteiger partial charge in [-0.15, -0.1) is 0 Å². The van der Waals surface area contributed by atoms with Crippen LogP contribution in [0.3, 0.4) is 0 Å². The van der Waals surface area contributed by atoms with Crippen LogP contribution < -0.4 is 5.73 Å². The lowest BCUT2D eigenvalue weighted by molar-refractivity contribution is 0.599. The molecule has 0 bridgehead atoms. The molecule has 0 aliphatic carbocycles. The Kier molecular flexibility index (Phi) is 2.37. The molecule has 0 saturated carbocycles. The van der Waals surface area contributed by atoms with Gasteiger partial charge in [0.1, 0.15) is 11.3 Å². The van der Waals surface area contributed by atoms with E-state index in [0.29, 0.717) is 6.54 Å². The van der Waals surface area contributed by atoms with Crippen molar-refractivity contribution in [2.45, 2.75) is 6.92 Å². The van der Waals surface area contributed by atoms with E-state index >= 15 is 0 Å². The van der Waals surface area contributed by atoms with Crippen LogP contribution in [0, 0.1) is 0 Å². The SMILES string of the molecule is CC(=CCN)c1cc2ccccc2o1. The zero-order valence-corrected chi connectivity index (χ0v) is 8.16. The first-order valence-electron chi connectivity index (χ1n) is 4.67. The Morgan fingerprint density at radius 2 is 2.21 bits per heavy atom. The first kappa shape index (κ1) is 9.03. The van der Waals surface area contributed by atoms with E-state index < -0.39 is 0 Å². The van der Waals surface area contributed by atoms with Gasteiger partial charge in [-0.25, -0.2) is 0 Å². The minimum Gasteiger partial charge on any atom is -0.456 e. The number of fused-ring (bicyclic) bond motifs is 1. The van der Waals surface area contributed by atoms with Crippen molar-refractivity contribution in [3.8, 4) is 0 Å². The molecule has 0 unspecified atom stereocenters. The van der Waals surface area contributed by atoms with Crippen molar-refractivity contribution in [3.05, 3.63) is 42.2 Å². The normalized spacial score (nSPS) is 12.3. The van der Waals surface area contributed by atoms with Crippen molar-refractivity contribution in [1.29, 1.82) is 0 Å². The Bertz CT molecular complexity index is 435. The van der Waals surface area contributed by atoms with E-state index in [9.17, 15) is 0 Å². The zero-order chi connectivity index (χ0) is 9.97. The minimum atomic E-state index is 0.545. The molecule has 0 saturated heterocycles. The minimum absolute atomic E-state index is 0.545. The van der Waals surface area contributed by atoms with Crippen molar-refractivity contribution in [3.63, 3.8) is 0 Å². The molecular weight excluding hydrogens is 174 g/mol. The summed E-state index contributed by atoms with van der Waals surface area (Å²) in [6, 6.07) is 10.0. The van der Waals surface area contributed by atoms with Gasteiger partial charge in [0.25, 0.3) is 0 Å². The number of para-hydroxylation sites is 1. The first-order valence-corrected chi connectivity index (χ1v) is 4.67. The molecule has 2 aromatic rings. The summed E-state index contributed by atoms with van der Waals surface area (Å²) in [5, 5.41) is 1.13. The summed E-state index contributed by atoms with van der Waals surface area (Å²) >= 11 is 0. The monoisotopic (exact) mass is 187 g/mol. The highest BCUT2D eigenvalue weighted by atomic mass is 16.3. The van der Waals surface area contributed by atoms with Crippen molar-refractivity contribution < 1.29 is 4.42 Å². The lowest BCUT2D eigenvalue weighted by Gasteiger charge is -1.92. The smallest absolute Gasteiger partial charge is 0.134 e. The molecule has 0 spiro atoms. The van der Waals surface area contributed by atoms with Gasteiger partial charge in [0.15, 0.2) is 0 Å². The van der Waals surface area contributed by atoms with Gasteiger partial charge in [0.2, 0.25) is 0 Å². The van der Waals surface area contributed by atoms with Gasteiger partial charge in [0, 0.05) is 11.9 Å². The summed E-state index contributed by atoms with van der Waals surface area (Å²) in [7, 11) is 0. The van der Waals surface area contributed by atoms with Crippen LogP contribution in [-0.2, 0) is 0 Å². The Hall–Kier alpha value is -1.54. The Balaban J connectivity index is 2.50. The third kappa shape index (κ3) is 1.56. The van der Waals surface area contributed by atoms with Crippen LogP contribution in [0.15, 0.2) is 40.8 Å². The fourth-order valence-corrected chi connectivity index (χ4v) is 1.45. The van der Waals surface area contributed by atoms with Gasteiger partial charge in [-0.2, -0.15) is 0 Å². The van der Waals surface area contributed by atoms with Crippen molar-refractivity contribution in [2.24, 2.45) is 5.73 Å². The maximum absolute atomic E-state index is 5.66. The number of allylic oxidation sites excluding steroid dienone is 1. The molecular formula is C12H13NO. The van der Waals surface area contributed by atoms with Gasteiger partial charge in [-0.05, 0) is 24.6 Å². The van der Waals surface area contributed by atoms with E-state index in [2.05, 4.69) is 0 Å². The van der Waals surface area contributed by atoms with Gasteiger partial charge in [-0.1, -0.05) is 24.3 Å². The molecule has 72 valence electrons. The third-order valence-corrected chi connectivity index (χ3v) is 2.24. The summed E-state index contributed by atoms with van der Waals surface area (Å²) in [4.78, 5) is 0. The molecule has 1 heterocycles. The fraction of sp³-hybridized carbons (Fsp3) is 0.167. The number of nitrogens with two attached hydrogens (primary N) is 1. The van der Waals surface area contributed by atoms with Crippen LogP contribution in [0.25, 0.3) is 16.5 Å². The summed E-state index contributed by atoms with van der Waals surface area (Å²) < 4.78 is 5.66. The van der Waals surface area contributed by atoms with Crippen molar-refractivity contribution in [1.82, 2.24) is 0 Å². The highest BCUT2D eigenvalue weighted by molar-refractivity contribution is 5.81. The highest BCUT2D eigenvalue weighted by Crippen LogP contribution is 2.23. The molecule has 0 aliphatic heterocycles. The molecule has 2 nitrogen and oxygen atoms in total. The Morgan fingerprint density at radius 3 is 2.93 bits per heavy atom. The third-order valence-electron chi connectivity index (χ3n) is 2.24. The molecule has 0 aliphatic rings. The average molecular weight is 187 g/mol. The van der Waals surface area contributed by atoms with Crippen molar-refractivity contribution >= 4 is 16.5 Å². The standard InChI is InChI=1S/C12H13NO/c1-9(6-7-13)12-8-10-4-2-3-5-11(10)14-12/h2-6,8H,7,13H2,1H3. The largest absolute Gasteiger partial charge is 0.456 e. The van der Waals surface area contributed by atoms with Crippen LogP contribution in [0.2, 0.25) is 0 Å². The van der Waals surface area contributed by atoms with E-state index in [1.807, 2.05) is 43.3 Å². The summed E-state index contributed by atoms with van der Waals surface area (Å²) in [5.74, 6) is 0.900. The molecule has 0 atom stereocenters. The van der Waals surface area contributed by atoms with Crippen molar-refractivity contribution in [2.75, 3.05) is 6.54 Å². The molecule has 2 rings (SSSR count). The average Bonchev–Trinajstić information content (AvgIpc) is 2.61. The molecule has 1 aromatic heterocycles. The Morgan fingerprint density at radius 1 is 1.43 bits per heavy atom. The maximum atomic E-state index is 5.66. The van der Waals surface area contributed by atoms with Crippen LogP contribution >= 0.6 is 0 Å². The first-order chi connectivity index (χ1) is 6.81. The number of rotatable bonds is 2. The van der Waals surface area contributed by atoms with E-state index in [4.69, 9.17) is 10.2 Å². The second-order valence-electron chi connectivity index (χ2n) is 3.27. The highest BCUT2D eigenvalue weighted by Gasteiger charge is 2.03. The van der Waals surface area contributed by atoms with E-state index in [-0.39, 0.29) is 0 Å². The molecule has 0 amide bonds. The van der Waals surface area contributed by atoms with Gasteiger partial charge in [-0.3, -0.25) is 0 Å². The van der Waals surface area contributed by atoms with E-state index in [0.717, 1.165) is 22.3 Å². The van der Waals surface area contributed by atoms with Crippen LogP contribution in [0.5, 0.6) is 0 Å². The van der Waals surface area contributed by atoms with E-state index in [1.54, 1.807) is 0 Å². The second-order valence-corrected chi connectivity index (χ2v) is 3.27. The van der Waals surface area contributed by atoms with Gasteiger partial charge >= 0.3 is 0 Å². The topological polar surface area (TPSA) is 39.2 Å². The van der Waals surface area contributed by atoms with Crippen LogP contribution in [-0.4, -0.2) is 6.54 Å². The summed E-state index contributed by atoms with van der Waals surface area (Å²) in [6.07, 6.45) is 1.96. The quantitative estimate of drug-likeness (QED) is 0.785. The Labute approximate surface area is 83.0 Å².